The van der Waals surface area contributed by atoms with Crippen molar-refractivity contribution in [3.63, 3.8) is 0 Å². The number of rotatable bonds is 9. The lowest BCUT2D eigenvalue weighted by atomic mass is 10.0. The van der Waals surface area contributed by atoms with Gasteiger partial charge in [0, 0.05) is 41.5 Å². The third kappa shape index (κ3) is 7.89. The molecule has 0 N–H and O–H groups in total. The molecule has 14 nitrogen and oxygen atoms in total. The second-order valence-electron chi connectivity index (χ2n) is 7.48. The van der Waals surface area contributed by atoms with E-state index in [2.05, 4.69) is 10.2 Å². The van der Waals surface area contributed by atoms with Crippen molar-refractivity contribution in [2.24, 2.45) is 0 Å². The first-order valence-electron chi connectivity index (χ1n) is 10.5. The molecule has 0 aliphatic carbocycles. The number of aromatic nitrogens is 4. The smallest absolute Gasteiger partial charge is 0.303 e. The monoisotopic (exact) mass is 606 g/mol. The maximum absolute atomic E-state index is 12.2. The number of esters is 4. The van der Waals surface area contributed by atoms with Crippen molar-refractivity contribution >= 4 is 82.8 Å². The standard InChI is InChI=1S/C20H22N4O10S4/c1-7(25)23-19(35)37-17(21-23)15(33-11(5)29)13(31-9(3)27)14(32-10(4)28)16(34-12(6)30)18-22-24(8(2)26)20(36)38-18/h13-16H,1-6H3/t13-,14+,15+,16-. The number of nitrogens with zero attached hydrogens (tertiary/aromatic N) is 4. The summed E-state index contributed by atoms with van der Waals surface area (Å²) in [5.74, 6) is -4.61. The van der Waals surface area contributed by atoms with Gasteiger partial charge in [-0.3, -0.25) is 28.8 Å². The van der Waals surface area contributed by atoms with Crippen LogP contribution in [0.5, 0.6) is 0 Å². The van der Waals surface area contributed by atoms with E-state index in [4.69, 9.17) is 43.4 Å². The zero-order valence-corrected chi connectivity index (χ0v) is 24.1. The molecule has 0 radical (unpaired) electrons. The average Bonchev–Trinajstić information content (AvgIpc) is 3.35. The van der Waals surface area contributed by atoms with E-state index >= 15 is 0 Å². The molecule has 0 spiro atoms. The Morgan fingerprint density at radius 3 is 1.11 bits per heavy atom. The second-order valence-corrected chi connectivity index (χ2v) is 10.8. The predicted molar refractivity (Wildman–Crippen MR) is 135 cm³/mol. The summed E-state index contributed by atoms with van der Waals surface area (Å²) in [6.45, 7) is 6.58. The summed E-state index contributed by atoms with van der Waals surface area (Å²) in [5, 5.41) is 7.97. The molecular weight excluding hydrogens is 585 g/mol. The van der Waals surface area contributed by atoms with Crippen molar-refractivity contribution < 1.29 is 47.7 Å². The van der Waals surface area contributed by atoms with E-state index in [9.17, 15) is 28.8 Å². The van der Waals surface area contributed by atoms with Crippen molar-refractivity contribution in [3.05, 3.63) is 17.9 Å². The van der Waals surface area contributed by atoms with Gasteiger partial charge in [-0.2, -0.15) is 19.6 Å². The summed E-state index contributed by atoms with van der Waals surface area (Å²) in [6.07, 6.45) is -6.58. The fourth-order valence-electron chi connectivity index (χ4n) is 3.07. The SMILES string of the molecule is CC(=O)O[C@H]([C@H](OC(C)=O)[C@@H](OC(C)=O)c1nn(C(C)=O)c(=S)s1)[C@H](OC(C)=O)c1nn(C(C)=O)c(=S)s1. The summed E-state index contributed by atoms with van der Waals surface area (Å²) in [6, 6.07) is 0. The molecule has 0 saturated carbocycles. The Morgan fingerprint density at radius 1 is 0.605 bits per heavy atom. The normalized spacial score (nSPS) is 13.9. The van der Waals surface area contributed by atoms with Crippen molar-refractivity contribution in [1.82, 2.24) is 19.6 Å². The topological polar surface area (TPSA) is 175 Å². The fourth-order valence-corrected chi connectivity index (χ4v) is 5.63. The van der Waals surface area contributed by atoms with Gasteiger partial charge in [0.2, 0.25) is 11.8 Å². The maximum Gasteiger partial charge on any atom is 0.303 e. The van der Waals surface area contributed by atoms with Gasteiger partial charge in [0.1, 0.15) is 0 Å². The Balaban J connectivity index is 2.83. The lowest BCUT2D eigenvalue weighted by molar-refractivity contribution is -0.200. The highest BCUT2D eigenvalue weighted by atomic mass is 32.2. The summed E-state index contributed by atoms with van der Waals surface area (Å²) < 4.78 is 23.4. The van der Waals surface area contributed by atoms with Gasteiger partial charge in [0.25, 0.3) is 0 Å². The van der Waals surface area contributed by atoms with Crippen LogP contribution in [0.4, 0.5) is 0 Å². The minimum Gasteiger partial charge on any atom is -0.454 e. The van der Waals surface area contributed by atoms with Gasteiger partial charge in [0.05, 0.1) is 0 Å². The molecule has 2 rings (SSSR count). The molecule has 38 heavy (non-hydrogen) atoms. The Labute approximate surface area is 233 Å². The number of carbonyl (C=O) groups is 6. The van der Waals surface area contributed by atoms with E-state index in [1.54, 1.807) is 0 Å². The Morgan fingerprint density at radius 2 is 0.895 bits per heavy atom. The number of ether oxygens (including phenoxy) is 4. The lowest BCUT2D eigenvalue weighted by Crippen LogP contribution is -2.45. The molecular formula is C20H22N4O10S4. The van der Waals surface area contributed by atoms with Crippen LogP contribution in [-0.2, 0) is 38.1 Å². The van der Waals surface area contributed by atoms with Crippen molar-refractivity contribution in [2.45, 2.75) is 66.0 Å². The van der Waals surface area contributed by atoms with E-state index in [0.717, 1.165) is 59.7 Å². The van der Waals surface area contributed by atoms with E-state index in [-0.39, 0.29) is 17.9 Å². The van der Waals surface area contributed by atoms with E-state index in [1.165, 1.54) is 13.8 Å². The van der Waals surface area contributed by atoms with Crippen LogP contribution in [0, 0.1) is 7.91 Å². The van der Waals surface area contributed by atoms with Gasteiger partial charge >= 0.3 is 23.9 Å². The zero-order valence-electron chi connectivity index (χ0n) is 20.8. The molecule has 0 amide bonds. The molecule has 0 bridgehead atoms. The molecule has 2 aromatic heterocycles. The molecule has 0 aromatic carbocycles. The van der Waals surface area contributed by atoms with Gasteiger partial charge < -0.3 is 18.9 Å². The van der Waals surface area contributed by atoms with Crippen LogP contribution in [0.2, 0.25) is 0 Å². The van der Waals surface area contributed by atoms with Crippen molar-refractivity contribution in [3.8, 4) is 0 Å². The highest BCUT2D eigenvalue weighted by Crippen LogP contribution is 2.37. The van der Waals surface area contributed by atoms with Crippen LogP contribution in [-0.4, -0.2) is 67.5 Å². The third-order valence-corrected chi connectivity index (χ3v) is 6.91. The van der Waals surface area contributed by atoms with Gasteiger partial charge in [-0.1, -0.05) is 22.7 Å². The summed E-state index contributed by atoms with van der Waals surface area (Å²) in [5.41, 5.74) is 0. The first kappa shape index (κ1) is 31.0. The minimum absolute atomic E-state index is 0.00929. The third-order valence-electron chi connectivity index (χ3n) is 4.32. The fraction of sp³-hybridized carbons (Fsp3) is 0.500. The van der Waals surface area contributed by atoms with Crippen molar-refractivity contribution in [1.29, 1.82) is 0 Å². The second kappa shape index (κ2) is 13.0. The molecule has 4 atom stereocenters. The molecule has 0 aliphatic heterocycles. The van der Waals surface area contributed by atoms with E-state index < -0.39 is 60.1 Å². The maximum atomic E-state index is 12.2. The molecule has 0 saturated heterocycles. The van der Waals surface area contributed by atoms with Crippen LogP contribution in [0.15, 0.2) is 0 Å². The Kier molecular flexibility index (Phi) is 10.6. The Hall–Kier alpha value is -3.22. The average molecular weight is 607 g/mol. The van der Waals surface area contributed by atoms with Gasteiger partial charge in [-0.05, 0) is 24.4 Å². The molecule has 0 fully saturated rings. The van der Waals surface area contributed by atoms with Gasteiger partial charge in [-0.15, -0.1) is 0 Å². The van der Waals surface area contributed by atoms with E-state index in [0.29, 0.717) is 0 Å². The van der Waals surface area contributed by atoms with Crippen LogP contribution in [0.1, 0.15) is 73.4 Å². The van der Waals surface area contributed by atoms with Crippen LogP contribution >= 0.6 is 47.1 Å². The molecule has 2 aromatic rings. The zero-order chi connectivity index (χ0) is 28.9. The first-order chi connectivity index (χ1) is 17.6. The number of hydrogen-bond acceptors (Lipinski definition) is 16. The molecule has 206 valence electrons. The number of hydrogen-bond donors (Lipinski definition) is 0. The van der Waals surface area contributed by atoms with Crippen LogP contribution in [0.3, 0.4) is 0 Å². The molecule has 0 aliphatic rings. The summed E-state index contributed by atoms with van der Waals surface area (Å²) in [7, 11) is 0. The summed E-state index contributed by atoms with van der Waals surface area (Å²) >= 11 is 11.9. The van der Waals surface area contributed by atoms with E-state index in [1.807, 2.05) is 0 Å². The largest absolute Gasteiger partial charge is 0.454 e. The van der Waals surface area contributed by atoms with Crippen LogP contribution in [0.25, 0.3) is 0 Å². The predicted octanol–water partition coefficient (Wildman–Crippen LogP) is 2.75. The molecule has 0 unspecified atom stereocenters. The highest BCUT2D eigenvalue weighted by molar-refractivity contribution is 7.73. The summed E-state index contributed by atoms with van der Waals surface area (Å²) in [4.78, 5) is 72.4. The molecule has 18 heteroatoms. The van der Waals surface area contributed by atoms with Crippen LogP contribution < -0.4 is 0 Å². The lowest BCUT2D eigenvalue weighted by Gasteiger charge is -2.33. The highest BCUT2D eigenvalue weighted by Gasteiger charge is 2.47. The van der Waals surface area contributed by atoms with Gasteiger partial charge in [-0.25, -0.2) is 0 Å². The van der Waals surface area contributed by atoms with Gasteiger partial charge in [0.15, 0.2) is 42.3 Å². The minimum atomic E-state index is -1.70. The van der Waals surface area contributed by atoms with Crippen molar-refractivity contribution in [2.75, 3.05) is 0 Å². The molecule has 2 heterocycles. The Bertz CT molecular complexity index is 1290. The number of carbonyl (C=O) groups excluding carboxylic acids is 6. The quantitative estimate of drug-likeness (QED) is 0.231. The first-order valence-corrected chi connectivity index (χ1v) is 13.0.